The second-order valence-electron chi connectivity index (χ2n) is 10.1. The molecule has 1 fully saturated rings. The molecule has 0 aliphatic heterocycles. The second-order valence-corrected chi connectivity index (χ2v) is 10.1. The van der Waals surface area contributed by atoms with Gasteiger partial charge >= 0.3 is 5.97 Å². The van der Waals surface area contributed by atoms with Gasteiger partial charge in [0.25, 0.3) is 0 Å². The molecule has 0 bridgehead atoms. The van der Waals surface area contributed by atoms with Crippen molar-refractivity contribution in [3.63, 3.8) is 0 Å². The number of rotatable bonds is 9. The molecule has 0 radical (unpaired) electrons. The molecule has 0 heterocycles. The Bertz CT molecular complexity index is 1220. The number of carboxylic acid groups (broad SMARTS) is 1. The fourth-order valence-corrected chi connectivity index (χ4v) is 5.54. The summed E-state index contributed by atoms with van der Waals surface area (Å²) in [4.78, 5) is 11.5. The van der Waals surface area contributed by atoms with Gasteiger partial charge in [-0.05, 0) is 78.0 Å². The largest absolute Gasteiger partial charge is 0.478 e. The van der Waals surface area contributed by atoms with E-state index in [9.17, 15) is 23.1 Å². The highest BCUT2D eigenvalue weighted by molar-refractivity contribution is 5.94. The van der Waals surface area contributed by atoms with Gasteiger partial charge in [-0.25, -0.2) is 22.4 Å². The third-order valence-electron chi connectivity index (χ3n) is 7.65. The molecule has 3 aromatic rings. The van der Waals surface area contributed by atoms with Crippen molar-refractivity contribution in [1.82, 2.24) is 0 Å². The van der Waals surface area contributed by atoms with E-state index in [0.717, 1.165) is 24.8 Å². The van der Waals surface area contributed by atoms with Crippen molar-refractivity contribution in [2.24, 2.45) is 5.92 Å². The predicted molar refractivity (Wildman–Crippen MR) is 138 cm³/mol. The monoisotopic (exact) mass is 512 g/mol. The molecule has 1 saturated carbocycles. The zero-order chi connectivity index (χ0) is 26.5. The van der Waals surface area contributed by atoms with Gasteiger partial charge in [-0.15, -0.1) is 0 Å². The smallest absolute Gasteiger partial charge is 0.338 e. The summed E-state index contributed by atoms with van der Waals surface area (Å²) < 4.78 is 56.9. The normalized spacial score (nSPS) is 17.6. The first-order valence-electron chi connectivity index (χ1n) is 13.1. The van der Waals surface area contributed by atoms with Crippen molar-refractivity contribution < 1.29 is 27.5 Å². The fraction of sp³-hybridized carbons (Fsp3) is 0.387. The molecule has 0 saturated heterocycles. The molecule has 0 aromatic heterocycles. The van der Waals surface area contributed by atoms with Crippen LogP contribution in [0.25, 0.3) is 22.3 Å². The summed E-state index contributed by atoms with van der Waals surface area (Å²) in [6, 6.07) is 11.5. The molecule has 2 nitrogen and oxygen atoms in total. The van der Waals surface area contributed by atoms with Crippen molar-refractivity contribution in [3.8, 4) is 22.3 Å². The van der Waals surface area contributed by atoms with Gasteiger partial charge in [0, 0.05) is 5.56 Å². The van der Waals surface area contributed by atoms with Crippen LogP contribution in [-0.4, -0.2) is 11.1 Å². The molecule has 37 heavy (non-hydrogen) atoms. The highest BCUT2D eigenvalue weighted by Crippen LogP contribution is 2.40. The van der Waals surface area contributed by atoms with Crippen LogP contribution in [0, 0.1) is 29.2 Å². The van der Waals surface area contributed by atoms with Crippen molar-refractivity contribution in [3.05, 3.63) is 82.9 Å². The maximum Gasteiger partial charge on any atom is 0.338 e. The Morgan fingerprint density at radius 2 is 1.46 bits per heavy atom. The third kappa shape index (κ3) is 6.06. The lowest BCUT2D eigenvalue weighted by atomic mass is 9.77. The van der Waals surface area contributed by atoms with E-state index in [0.29, 0.717) is 23.6 Å². The van der Waals surface area contributed by atoms with Crippen LogP contribution in [0.4, 0.5) is 17.6 Å². The number of halogens is 4. The lowest BCUT2D eigenvalue weighted by Crippen LogP contribution is -2.13. The number of aromatic carboxylic acids is 1. The van der Waals surface area contributed by atoms with E-state index in [1.807, 2.05) is 24.3 Å². The molecule has 1 aliphatic carbocycles. The summed E-state index contributed by atoms with van der Waals surface area (Å²) in [5.74, 6) is -6.01. The fourth-order valence-electron chi connectivity index (χ4n) is 5.54. The Morgan fingerprint density at radius 1 is 0.811 bits per heavy atom. The number of hydrogen-bond acceptors (Lipinski definition) is 1. The van der Waals surface area contributed by atoms with Crippen LogP contribution in [0.5, 0.6) is 0 Å². The SMILES string of the molecule is CCCCCCC1CCC(c2ccc(-c3ccc(C(=O)O)c(F)c3-c3cc(F)c(F)c(F)c3)cc2)CC1. The molecule has 196 valence electrons. The summed E-state index contributed by atoms with van der Waals surface area (Å²) in [5.41, 5.74) is 0.852. The first kappa shape index (κ1) is 26.9. The molecule has 4 rings (SSSR count). The Balaban J connectivity index is 1.58. The van der Waals surface area contributed by atoms with Gasteiger partial charge in [-0.1, -0.05) is 69.4 Å². The number of hydrogen-bond donors (Lipinski definition) is 1. The van der Waals surface area contributed by atoms with Crippen LogP contribution in [-0.2, 0) is 0 Å². The van der Waals surface area contributed by atoms with Gasteiger partial charge in [0.05, 0.1) is 5.56 Å². The Hall–Kier alpha value is -3.15. The number of carbonyl (C=O) groups is 1. The maximum absolute atomic E-state index is 15.3. The summed E-state index contributed by atoms with van der Waals surface area (Å²) in [6.07, 6.45) is 11.1. The number of benzene rings is 3. The minimum absolute atomic E-state index is 0.270. The van der Waals surface area contributed by atoms with Crippen molar-refractivity contribution in [2.45, 2.75) is 70.6 Å². The quantitative estimate of drug-likeness (QED) is 0.176. The van der Waals surface area contributed by atoms with Crippen LogP contribution in [0.2, 0.25) is 0 Å². The third-order valence-corrected chi connectivity index (χ3v) is 7.65. The van der Waals surface area contributed by atoms with Crippen molar-refractivity contribution in [2.75, 3.05) is 0 Å². The van der Waals surface area contributed by atoms with Crippen LogP contribution in [0.3, 0.4) is 0 Å². The standard InChI is InChI=1S/C31H32F4O2/c1-2-3-4-5-6-19-7-9-20(10-8-19)21-11-13-22(14-12-21)24-15-16-25(31(36)37)29(34)28(24)23-17-26(32)30(35)27(33)18-23/h11-20H,2-10H2,1H3,(H,36,37). The van der Waals surface area contributed by atoms with E-state index in [1.165, 1.54) is 56.6 Å². The van der Waals surface area contributed by atoms with Gasteiger partial charge < -0.3 is 5.11 Å². The molecule has 1 N–H and O–H groups in total. The highest BCUT2D eigenvalue weighted by atomic mass is 19.2. The van der Waals surface area contributed by atoms with Crippen LogP contribution in [0.15, 0.2) is 48.5 Å². The Kier molecular flexibility index (Phi) is 8.67. The van der Waals surface area contributed by atoms with Gasteiger partial charge in [-0.2, -0.15) is 0 Å². The first-order valence-corrected chi connectivity index (χ1v) is 13.1. The minimum atomic E-state index is -1.67. The first-order chi connectivity index (χ1) is 17.8. The predicted octanol–water partition coefficient (Wildman–Crippen LogP) is 9.52. The number of unbranched alkanes of at least 4 members (excludes halogenated alkanes) is 3. The highest BCUT2D eigenvalue weighted by Gasteiger charge is 2.24. The van der Waals surface area contributed by atoms with Gasteiger partial charge in [0.15, 0.2) is 17.5 Å². The summed E-state index contributed by atoms with van der Waals surface area (Å²) in [5, 5.41) is 9.37. The molecule has 6 heteroatoms. The van der Waals surface area contributed by atoms with Crippen LogP contribution in [0.1, 0.15) is 86.6 Å². The van der Waals surface area contributed by atoms with E-state index in [-0.39, 0.29) is 16.7 Å². The number of carboxylic acids is 1. The lowest BCUT2D eigenvalue weighted by molar-refractivity contribution is 0.0692. The van der Waals surface area contributed by atoms with E-state index in [2.05, 4.69) is 6.92 Å². The van der Waals surface area contributed by atoms with Gasteiger partial charge in [0.2, 0.25) is 0 Å². The van der Waals surface area contributed by atoms with E-state index in [4.69, 9.17) is 0 Å². The minimum Gasteiger partial charge on any atom is -0.478 e. The summed E-state index contributed by atoms with van der Waals surface area (Å²) in [7, 11) is 0. The summed E-state index contributed by atoms with van der Waals surface area (Å²) in [6.45, 7) is 2.22. The summed E-state index contributed by atoms with van der Waals surface area (Å²) >= 11 is 0. The second kappa shape index (κ2) is 11.9. The maximum atomic E-state index is 15.3. The van der Waals surface area contributed by atoms with Crippen molar-refractivity contribution >= 4 is 5.97 Å². The Morgan fingerprint density at radius 3 is 2.05 bits per heavy atom. The molecule has 3 aromatic carbocycles. The Labute approximate surface area is 215 Å². The van der Waals surface area contributed by atoms with Crippen LogP contribution >= 0.6 is 0 Å². The van der Waals surface area contributed by atoms with Crippen molar-refractivity contribution in [1.29, 1.82) is 0 Å². The average Bonchev–Trinajstić information content (AvgIpc) is 2.89. The van der Waals surface area contributed by atoms with Crippen LogP contribution < -0.4 is 0 Å². The molecular formula is C31H32F4O2. The molecular weight excluding hydrogens is 480 g/mol. The average molecular weight is 513 g/mol. The molecule has 0 spiro atoms. The zero-order valence-corrected chi connectivity index (χ0v) is 21.0. The van der Waals surface area contributed by atoms with E-state index >= 15 is 4.39 Å². The van der Waals surface area contributed by atoms with E-state index in [1.54, 1.807) is 0 Å². The lowest BCUT2D eigenvalue weighted by Gasteiger charge is -2.29. The topological polar surface area (TPSA) is 37.3 Å². The molecule has 1 aliphatic rings. The van der Waals surface area contributed by atoms with Gasteiger partial charge in [0.1, 0.15) is 5.82 Å². The van der Waals surface area contributed by atoms with Gasteiger partial charge in [-0.3, -0.25) is 0 Å². The van der Waals surface area contributed by atoms with E-state index < -0.39 is 34.8 Å². The molecule has 0 unspecified atom stereocenters. The zero-order valence-electron chi connectivity index (χ0n) is 21.0. The molecule has 0 atom stereocenters. The molecule has 0 amide bonds.